The molecule has 2 rings (SSSR count). The first-order chi connectivity index (χ1) is 9.08. The average molecular weight is 265 g/mol. The first-order valence-corrected chi connectivity index (χ1v) is 6.22. The van der Waals surface area contributed by atoms with E-state index < -0.39 is 11.6 Å². The van der Waals surface area contributed by atoms with Gasteiger partial charge < -0.3 is 10.3 Å². The highest BCUT2D eigenvalue weighted by molar-refractivity contribution is 5.20. The van der Waals surface area contributed by atoms with E-state index in [1.807, 2.05) is 17.8 Å². The maximum absolute atomic E-state index is 13.5. The molecule has 0 spiro atoms. The van der Waals surface area contributed by atoms with Crippen molar-refractivity contribution in [2.45, 2.75) is 25.3 Å². The molecule has 1 unspecified atom stereocenters. The van der Waals surface area contributed by atoms with Crippen molar-refractivity contribution in [3.05, 3.63) is 53.6 Å². The van der Waals surface area contributed by atoms with E-state index >= 15 is 0 Å². The normalized spacial score (nSPS) is 12.6. The van der Waals surface area contributed by atoms with Crippen molar-refractivity contribution >= 4 is 0 Å². The highest BCUT2D eigenvalue weighted by Gasteiger charge is 2.13. The topological polar surface area (TPSA) is 43.8 Å². The van der Waals surface area contributed by atoms with E-state index in [2.05, 4.69) is 4.98 Å². The number of nitrogens with two attached hydrogens (primary N) is 1. The lowest BCUT2D eigenvalue weighted by atomic mass is 10.0. The standard InChI is InChI=1S/C14H17F2N3/c1-19-8-7-18-14(19)6-5-10(17)9-11-12(15)3-2-4-13(11)16/h2-4,7-8,10H,5-6,9,17H2,1H3. The summed E-state index contributed by atoms with van der Waals surface area (Å²) in [6.45, 7) is 0. The molecule has 0 aliphatic carbocycles. The first-order valence-electron chi connectivity index (χ1n) is 6.22. The van der Waals surface area contributed by atoms with Gasteiger partial charge in [-0.25, -0.2) is 13.8 Å². The molecule has 0 aliphatic rings. The Labute approximate surface area is 111 Å². The third-order valence-electron chi connectivity index (χ3n) is 3.19. The summed E-state index contributed by atoms with van der Waals surface area (Å²) in [5.74, 6) is -0.149. The summed E-state index contributed by atoms with van der Waals surface area (Å²) in [6.07, 6.45) is 5.11. The van der Waals surface area contributed by atoms with Crippen LogP contribution in [0.1, 0.15) is 17.8 Å². The number of imidazole rings is 1. The van der Waals surface area contributed by atoms with E-state index in [9.17, 15) is 8.78 Å². The van der Waals surface area contributed by atoms with E-state index in [1.54, 1.807) is 6.20 Å². The summed E-state index contributed by atoms with van der Waals surface area (Å²) >= 11 is 0. The average Bonchev–Trinajstić information content (AvgIpc) is 2.77. The van der Waals surface area contributed by atoms with Crippen molar-refractivity contribution in [1.29, 1.82) is 0 Å². The lowest BCUT2D eigenvalue weighted by Gasteiger charge is -2.12. The molecule has 0 fully saturated rings. The van der Waals surface area contributed by atoms with Gasteiger partial charge in [-0.05, 0) is 25.0 Å². The molecular formula is C14H17F2N3. The summed E-state index contributed by atoms with van der Waals surface area (Å²) in [5, 5.41) is 0. The molecule has 1 heterocycles. The van der Waals surface area contributed by atoms with Crippen molar-refractivity contribution < 1.29 is 8.78 Å². The second-order valence-corrected chi connectivity index (χ2v) is 4.66. The molecular weight excluding hydrogens is 248 g/mol. The van der Waals surface area contributed by atoms with Gasteiger partial charge in [0, 0.05) is 37.5 Å². The van der Waals surface area contributed by atoms with Crippen LogP contribution in [0.4, 0.5) is 8.78 Å². The Morgan fingerprint density at radius 3 is 2.58 bits per heavy atom. The van der Waals surface area contributed by atoms with Crippen molar-refractivity contribution in [3.63, 3.8) is 0 Å². The fourth-order valence-corrected chi connectivity index (χ4v) is 2.04. The zero-order valence-electron chi connectivity index (χ0n) is 10.8. The van der Waals surface area contributed by atoms with Crippen LogP contribution in [0.5, 0.6) is 0 Å². The highest BCUT2D eigenvalue weighted by atomic mass is 19.1. The molecule has 0 saturated heterocycles. The summed E-state index contributed by atoms with van der Waals surface area (Å²) in [4.78, 5) is 4.19. The predicted molar refractivity (Wildman–Crippen MR) is 69.6 cm³/mol. The van der Waals surface area contributed by atoms with Gasteiger partial charge >= 0.3 is 0 Å². The Hall–Kier alpha value is -1.75. The Balaban J connectivity index is 1.94. The van der Waals surface area contributed by atoms with Gasteiger partial charge in [-0.3, -0.25) is 0 Å². The Morgan fingerprint density at radius 1 is 1.32 bits per heavy atom. The van der Waals surface area contributed by atoms with Crippen LogP contribution in [0.15, 0.2) is 30.6 Å². The van der Waals surface area contributed by atoms with Crippen LogP contribution < -0.4 is 5.73 Å². The fraction of sp³-hybridized carbons (Fsp3) is 0.357. The van der Waals surface area contributed by atoms with Crippen LogP contribution in [-0.4, -0.2) is 15.6 Å². The largest absolute Gasteiger partial charge is 0.338 e. The molecule has 102 valence electrons. The molecule has 0 bridgehead atoms. The Kier molecular flexibility index (Phi) is 4.27. The van der Waals surface area contributed by atoms with Gasteiger partial charge in [0.15, 0.2) is 0 Å². The molecule has 1 atom stereocenters. The van der Waals surface area contributed by atoms with E-state index in [0.717, 1.165) is 5.82 Å². The van der Waals surface area contributed by atoms with Gasteiger partial charge in [0.05, 0.1) is 0 Å². The Morgan fingerprint density at radius 2 is 2.00 bits per heavy atom. The van der Waals surface area contributed by atoms with Crippen molar-refractivity contribution in [2.75, 3.05) is 0 Å². The molecule has 1 aromatic carbocycles. The molecule has 2 N–H and O–H groups in total. The SMILES string of the molecule is Cn1ccnc1CCC(N)Cc1c(F)cccc1F. The number of halogens is 2. The maximum atomic E-state index is 13.5. The van der Waals surface area contributed by atoms with E-state index in [-0.39, 0.29) is 18.0 Å². The fourth-order valence-electron chi connectivity index (χ4n) is 2.04. The second kappa shape index (κ2) is 5.93. The van der Waals surface area contributed by atoms with Crippen LogP contribution in [0, 0.1) is 11.6 Å². The van der Waals surface area contributed by atoms with Crippen molar-refractivity contribution in [2.24, 2.45) is 12.8 Å². The molecule has 19 heavy (non-hydrogen) atoms. The lowest BCUT2D eigenvalue weighted by molar-refractivity contribution is 0.519. The van der Waals surface area contributed by atoms with Gasteiger partial charge in [-0.15, -0.1) is 0 Å². The number of aryl methyl sites for hydroxylation is 2. The monoisotopic (exact) mass is 265 g/mol. The van der Waals surface area contributed by atoms with Gasteiger partial charge in [-0.1, -0.05) is 6.07 Å². The molecule has 0 amide bonds. The molecule has 1 aromatic heterocycles. The quantitative estimate of drug-likeness (QED) is 0.900. The minimum absolute atomic E-state index is 0.0647. The van der Waals surface area contributed by atoms with Gasteiger partial charge in [0.25, 0.3) is 0 Å². The van der Waals surface area contributed by atoms with Gasteiger partial charge in [0.2, 0.25) is 0 Å². The first kappa shape index (κ1) is 13.7. The maximum Gasteiger partial charge on any atom is 0.129 e. The summed E-state index contributed by atoms with van der Waals surface area (Å²) in [7, 11) is 1.91. The highest BCUT2D eigenvalue weighted by Crippen LogP contribution is 2.15. The number of rotatable bonds is 5. The van der Waals surface area contributed by atoms with Crippen molar-refractivity contribution in [1.82, 2.24) is 9.55 Å². The molecule has 2 aromatic rings. The number of nitrogens with zero attached hydrogens (tertiary/aromatic N) is 2. The molecule has 0 aliphatic heterocycles. The minimum atomic E-state index is -0.535. The number of benzene rings is 1. The zero-order chi connectivity index (χ0) is 13.8. The van der Waals surface area contributed by atoms with Crippen LogP contribution >= 0.6 is 0 Å². The van der Waals surface area contributed by atoms with Crippen LogP contribution in [0.25, 0.3) is 0 Å². The van der Waals surface area contributed by atoms with Crippen LogP contribution in [0.2, 0.25) is 0 Å². The van der Waals surface area contributed by atoms with Crippen molar-refractivity contribution in [3.8, 4) is 0 Å². The molecule has 5 heteroatoms. The summed E-state index contributed by atoms with van der Waals surface area (Å²) in [6, 6.07) is 3.57. The summed E-state index contributed by atoms with van der Waals surface area (Å²) < 4.78 is 28.9. The van der Waals surface area contributed by atoms with Crippen LogP contribution in [-0.2, 0) is 19.9 Å². The second-order valence-electron chi connectivity index (χ2n) is 4.66. The number of aromatic nitrogens is 2. The lowest BCUT2D eigenvalue weighted by Crippen LogP contribution is -2.25. The number of hydrogen-bond acceptors (Lipinski definition) is 2. The molecule has 0 radical (unpaired) electrons. The number of hydrogen-bond donors (Lipinski definition) is 1. The Bertz CT molecular complexity index is 531. The van der Waals surface area contributed by atoms with Crippen LogP contribution in [0.3, 0.4) is 0 Å². The van der Waals surface area contributed by atoms with Gasteiger partial charge in [0.1, 0.15) is 17.5 Å². The van der Waals surface area contributed by atoms with E-state index in [0.29, 0.717) is 12.8 Å². The van der Waals surface area contributed by atoms with Gasteiger partial charge in [-0.2, -0.15) is 0 Å². The molecule has 3 nitrogen and oxygen atoms in total. The third-order valence-corrected chi connectivity index (χ3v) is 3.19. The third kappa shape index (κ3) is 3.38. The molecule has 0 saturated carbocycles. The summed E-state index contributed by atoms with van der Waals surface area (Å²) in [5.41, 5.74) is 6.00. The van der Waals surface area contributed by atoms with E-state index in [4.69, 9.17) is 5.73 Å². The predicted octanol–water partition coefficient (Wildman–Crippen LogP) is 2.20. The zero-order valence-corrected chi connectivity index (χ0v) is 10.8. The minimum Gasteiger partial charge on any atom is -0.338 e. The van der Waals surface area contributed by atoms with E-state index in [1.165, 1.54) is 18.2 Å². The smallest absolute Gasteiger partial charge is 0.129 e.